The van der Waals surface area contributed by atoms with E-state index >= 15 is 0 Å². The highest BCUT2D eigenvalue weighted by Gasteiger charge is 2.22. The third-order valence-corrected chi connectivity index (χ3v) is 10.9. The molecule has 0 aliphatic rings. The van der Waals surface area contributed by atoms with Gasteiger partial charge < -0.3 is 19.3 Å². The molecule has 0 radical (unpaired) electrons. The van der Waals surface area contributed by atoms with Gasteiger partial charge in [-0.25, -0.2) is 0 Å². The molecule has 0 spiro atoms. The van der Waals surface area contributed by atoms with Gasteiger partial charge in [0.2, 0.25) is 0 Å². The fourth-order valence-electron chi connectivity index (χ4n) is 8.31. The summed E-state index contributed by atoms with van der Waals surface area (Å²) in [6.45, 7) is 2.18. The van der Waals surface area contributed by atoms with Crippen molar-refractivity contribution in [3.8, 4) is 5.69 Å². The molecule has 0 fully saturated rings. The summed E-state index contributed by atoms with van der Waals surface area (Å²) in [4.78, 5) is 7.05. The Bertz CT molecular complexity index is 2760. The summed E-state index contributed by atoms with van der Waals surface area (Å²) in [5.41, 5.74) is 14.3. The fourth-order valence-corrected chi connectivity index (χ4v) is 8.31. The van der Waals surface area contributed by atoms with Crippen molar-refractivity contribution in [2.24, 2.45) is 0 Å². The zero-order valence-electron chi connectivity index (χ0n) is 32.8. The van der Waals surface area contributed by atoms with Gasteiger partial charge in [0.15, 0.2) is 0 Å². The van der Waals surface area contributed by atoms with Crippen LogP contribution < -0.4 is 14.7 Å². The predicted octanol–water partition coefficient (Wildman–Crippen LogP) is 15.5. The Hall–Kier alpha value is -7.82. The molecular formula is C55H42N4. The Morgan fingerprint density at radius 3 is 0.966 bits per heavy atom. The lowest BCUT2D eigenvalue weighted by Crippen LogP contribution is -2.14. The molecule has 282 valence electrons. The number of hydrogen-bond acceptors (Lipinski definition) is 3. The number of para-hydroxylation sites is 6. The van der Waals surface area contributed by atoms with Crippen molar-refractivity contribution in [3.05, 3.63) is 242 Å². The molecule has 4 heteroatoms. The zero-order valence-corrected chi connectivity index (χ0v) is 32.8. The van der Waals surface area contributed by atoms with Crippen LogP contribution in [0, 0.1) is 6.92 Å². The molecule has 59 heavy (non-hydrogen) atoms. The molecule has 10 rings (SSSR count). The SMILES string of the molecule is Cc1ccc2c(c1)c1cc(N(c3ccccc3)c3ccccc3)ccc1n2-c1cc(N(c2ccccc2)c2ccccc2)cc(N(c2ccccc2)c2ccccc2)c1. The molecule has 0 unspecified atom stereocenters. The van der Waals surface area contributed by atoms with Gasteiger partial charge in [0, 0.05) is 50.6 Å². The maximum Gasteiger partial charge on any atom is 0.0542 e. The lowest BCUT2D eigenvalue weighted by molar-refractivity contribution is 1.16. The summed E-state index contributed by atoms with van der Waals surface area (Å²) in [6, 6.07) is 84.6. The van der Waals surface area contributed by atoms with Gasteiger partial charge in [-0.1, -0.05) is 121 Å². The number of aromatic nitrogens is 1. The minimum atomic E-state index is 1.05. The number of aryl methyl sites for hydroxylation is 1. The second-order valence-electron chi connectivity index (χ2n) is 14.8. The van der Waals surface area contributed by atoms with Gasteiger partial charge in [-0.2, -0.15) is 0 Å². The van der Waals surface area contributed by atoms with Gasteiger partial charge in [0.25, 0.3) is 0 Å². The number of benzene rings is 9. The maximum absolute atomic E-state index is 2.44. The first-order chi connectivity index (χ1) is 29.2. The number of hydrogen-bond donors (Lipinski definition) is 0. The van der Waals surface area contributed by atoms with Gasteiger partial charge in [0.1, 0.15) is 0 Å². The van der Waals surface area contributed by atoms with Crippen molar-refractivity contribution in [3.63, 3.8) is 0 Å². The fraction of sp³-hybridized carbons (Fsp3) is 0.0182. The number of fused-ring (bicyclic) bond motifs is 3. The molecular weight excluding hydrogens is 717 g/mol. The third-order valence-electron chi connectivity index (χ3n) is 10.9. The molecule has 0 atom stereocenters. The molecule has 4 nitrogen and oxygen atoms in total. The van der Waals surface area contributed by atoms with E-state index in [1.807, 2.05) is 0 Å². The van der Waals surface area contributed by atoms with Crippen molar-refractivity contribution in [2.75, 3.05) is 14.7 Å². The van der Waals surface area contributed by atoms with Crippen molar-refractivity contribution >= 4 is 73.0 Å². The highest BCUT2D eigenvalue weighted by atomic mass is 15.2. The Labute approximate surface area is 345 Å². The van der Waals surface area contributed by atoms with Gasteiger partial charge >= 0.3 is 0 Å². The van der Waals surface area contributed by atoms with E-state index < -0.39 is 0 Å². The lowest BCUT2D eigenvalue weighted by atomic mass is 10.1. The van der Waals surface area contributed by atoms with Crippen LogP contribution in [0.3, 0.4) is 0 Å². The molecule has 0 N–H and O–H groups in total. The number of rotatable bonds is 10. The molecule has 0 aliphatic heterocycles. The monoisotopic (exact) mass is 758 g/mol. The summed E-state index contributed by atoms with van der Waals surface area (Å²) < 4.78 is 2.44. The smallest absolute Gasteiger partial charge is 0.0542 e. The molecule has 0 saturated carbocycles. The van der Waals surface area contributed by atoms with E-state index in [9.17, 15) is 0 Å². The van der Waals surface area contributed by atoms with Crippen molar-refractivity contribution in [1.82, 2.24) is 4.57 Å². The van der Waals surface area contributed by atoms with E-state index in [1.165, 1.54) is 16.3 Å². The van der Waals surface area contributed by atoms with E-state index in [0.717, 1.165) is 67.9 Å². The molecule has 0 bridgehead atoms. The lowest BCUT2D eigenvalue weighted by Gasteiger charge is -2.30. The van der Waals surface area contributed by atoms with Crippen LogP contribution in [0.4, 0.5) is 51.2 Å². The highest BCUT2D eigenvalue weighted by molar-refractivity contribution is 6.11. The Kier molecular flexibility index (Phi) is 9.41. The topological polar surface area (TPSA) is 14.7 Å². The number of anilines is 9. The van der Waals surface area contributed by atoms with Crippen molar-refractivity contribution < 1.29 is 0 Å². The second-order valence-corrected chi connectivity index (χ2v) is 14.8. The largest absolute Gasteiger partial charge is 0.310 e. The normalized spacial score (nSPS) is 11.1. The summed E-state index contributed by atoms with van der Waals surface area (Å²) in [5, 5.41) is 2.40. The Balaban J connectivity index is 1.26. The average molecular weight is 759 g/mol. The van der Waals surface area contributed by atoms with Gasteiger partial charge in [0.05, 0.1) is 28.1 Å². The minimum absolute atomic E-state index is 1.05. The molecule has 1 aromatic heterocycles. The van der Waals surface area contributed by atoms with Crippen LogP contribution in [-0.4, -0.2) is 4.57 Å². The third kappa shape index (κ3) is 6.87. The van der Waals surface area contributed by atoms with Crippen LogP contribution in [0.2, 0.25) is 0 Å². The first-order valence-corrected chi connectivity index (χ1v) is 20.1. The molecule has 0 saturated heterocycles. The van der Waals surface area contributed by atoms with E-state index in [-0.39, 0.29) is 0 Å². The Morgan fingerprint density at radius 2 is 0.593 bits per heavy atom. The van der Waals surface area contributed by atoms with E-state index in [4.69, 9.17) is 0 Å². The average Bonchev–Trinajstić information content (AvgIpc) is 3.62. The van der Waals surface area contributed by atoms with Crippen molar-refractivity contribution in [2.45, 2.75) is 6.92 Å². The van der Waals surface area contributed by atoms with Gasteiger partial charge in [-0.05, 0) is 128 Å². The van der Waals surface area contributed by atoms with E-state index in [2.05, 4.69) is 263 Å². The van der Waals surface area contributed by atoms with Gasteiger partial charge in [-0.3, -0.25) is 0 Å². The second kappa shape index (κ2) is 15.6. The van der Waals surface area contributed by atoms with Crippen LogP contribution >= 0.6 is 0 Å². The highest BCUT2D eigenvalue weighted by Crippen LogP contribution is 2.45. The van der Waals surface area contributed by atoms with Crippen LogP contribution in [-0.2, 0) is 0 Å². The summed E-state index contributed by atoms with van der Waals surface area (Å²) in [5.74, 6) is 0. The first kappa shape index (κ1) is 35.6. The van der Waals surface area contributed by atoms with Crippen LogP contribution in [0.25, 0.3) is 27.5 Å². The van der Waals surface area contributed by atoms with E-state index in [0.29, 0.717) is 0 Å². The number of nitrogens with zero attached hydrogens (tertiary/aromatic N) is 4. The van der Waals surface area contributed by atoms with Crippen LogP contribution in [0.1, 0.15) is 5.56 Å². The molecule has 0 amide bonds. The molecule has 10 aromatic rings. The molecule has 1 heterocycles. The van der Waals surface area contributed by atoms with Crippen LogP contribution in [0.5, 0.6) is 0 Å². The Morgan fingerprint density at radius 1 is 0.271 bits per heavy atom. The first-order valence-electron chi connectivity index (χ1n) is 20.1. The maximum atomic E-state index is 2.44. The summed E-state index contributed by atoms with van der Waals surface area (Å²) in [6.07, 6.45) is 0. The van der Waals surface area contributed by atoms with Crippen LogP contribution in [0.15, 0.2) is 237 Å². The quantitative estimate of drug-likeness (QED) is 0.138. The standard InChI is InChI=1S/C55H42N4/c1-41-32-34-54-52(36-41)53-40-48(56(42-20-8-2-9-21-42)43-22-10-3-11-23-43)33-35-55(53)59(54)51-38-49(57(44-24-12-4-13-25-44)45-26-14-5-15-27-45)37-50(39-51)58(46-28-16-6-17-29-46)47-30-18-7-19-31-47/h2-40H,1H3. The van der Waals surface area contributed by atoms with Gasteiger partial charge in [-0.15, -0.1) is 0 Å². The minimum Gasteiger partial charge on any atom is -0.310 e. The predicted molar refractivity (Wildman–Crippen MR) is 250 cm³/mol. The summed E-state index contributed by atoms with van der Waals surface area (Å²) >= 11 is 0. The zero-order chi connectivity index (χ0) is 39.5. The van der Waals surface area contributed by atoms with E-state index in [1.54, 1.807) is 0 Å². The van der Waals surface area contributed by atoms with Crippen molar-refractivity contribution in [1.29, 1.82) is 0 Å². The molecule has 9 aromatic carbocycles. The summed E-state index contributed by atoms with van der Waals surface area (Å²) in [7, 11) is 0. The molecule has 0 aliphatic carbocycles.